The van der Waals surface area contributed by atoms with Crippen molar-refractivity contribution < 1.29 is 4.74 Å². The SMILES string of the molecule is CCOc1cc(N2CCCCCC2CN)nc(C)n1. The van der Waals surface area contributed by atoms with Gasteiger partial charge in [0.1, 0.15) is 11.6 Å². The van der Waals surface area contributed by atoms with Gasteiger partial charge in [-0.1, -0.05) is 12.8 Å². The van der Waals surface area contributed by atoms with Crippen LogP contribution < -0.4 is 15.4 Å². The Morgan fingerprint density at radius 2 is 2.21 bits per heavy atom. The summed E-state index contributed by atoms with van der Waals surface area (Å²) in [5, 5.41) is 0. The molecule has 5 heteroatoms. The maximum absolute atomic E-state index is 5.92. The Balaban J connectivity index is 2.26. The minimum absolute atomic E-state index is 0.381. The van der Waals surface area contributed by atoms with Gasteiger partial charge in [-0.05, 0) is 26.7 Å². The van der Waals surface area contributed by atoms with E-state index in [0.29, 0.717) is 25.1 Å². The summed E-state index contributed by atoms with van der Waals surface area (Å²) < 4.78 is 5.51. The zero-order chi connectivity index (χ0) is 13.7. The third-order valence-electron chi connectivity index (χ3n) is 3.54. The second-order valence-electron chi connectivity index (χ2n) is 4.98. The quantitative estimate of drug-likeness (QED) is 0.899. The van der Waals surface area contributed by atoms with Crippen LogP contribution in [0.5, 0.6) is 5.88 Å². The van der Waals surface area contributed by atoms with Crippen molar-refractivity contribution >= 4 is 5.82 Å². The number of hydrogen-bond acceptors (Lipinski definition) is 5. The number of hydrogen-bond donors (Lipinski definition) is 1. The molecule has 0 bridgehead atoms. The van der Waals surface area contributed by atoms with Crippen LogP contribution in [0.25, 0.3) is 0 Å². The van der Waals surface area contributed by atoms with E-state index in [1.807, 2.05) is 19.9 Å². The average Bonchev–Trinajstić information content (AvgIpc) is 2.63. The molecule has 1 fully saturated rings. The number of rotatable bonds is 4. The van der Waals surface area contributed by atoms with Gasteiger partial charge < -0.3 is 15.4 Å². The molecule has 0 amide bonds. The molecule has 1 aliphatic heterocycles. The number of aryl methyl sites for hydroxylation is 1. The summed E-state index contributed by atoms with van der Waals surface area (Å²) in [6, 6.07) is 2.32. The van der Waals surface area contributed by atoms with E-state index >= 15 is 0 Å². The minimum atomic E-state index is 0.381. The van der Waals surface area contributed by atoms with Crippen molar-refractivity contribution in [3.63, 3.8) is 0 Å². The Bertz CT molecular complexity index is 410. The molecule has 1 unspecified atom stereocenters. The predicted octanol–water partition coefficient (Wildman–Crippen LogP) is 1.89. The molecule has 0 spiro atoms. The molecule has 5 nitrogen and oxygen atoms in total. The summed E-state index contributed by atoms with van der Waals surface area (Å²) in [6.07, 6.45) is 4.86. The Morgan fingerprint density at radius 3 is 2.95 bits per heavy atom. The average molecular weight is 264 g/mol. The summed E-state index contributed by atoms with van der Waals surface area (Å²) in [4.78, 5) is 11.2. The van der Waals surface area contributed by atoms with E-state index in [1.165, 1.54) is 19.3 Å². The van der Waals surface area contributed by atoms with E-state index in [-0.39, 0.29) is 0 Å². The zero-order valence-corrected chi connectivity index (χ0v) is 11.9. The number of nitrogens with zero attached hydrogens (tertiary/aromatic N) is 3. The summed E-state index contributed by atoms with van der Waals surface area (Å²) in [6.45, 7) is 6.18. The molecule has 2 N–H and O–H groups in total. The van der Waals surface area contributed by atoms with Crippen molar-refractivity contribution in [1.82, 2.24) is 9.97 Å². The largest absolute Gasteiger partial charge is 0.478 e. The molecule has 19 heavy (non-hydrogen) atoms. The molecule has 2 rings (SSSR count). The topological polar surface area (TPSA) is 64.3 Å². The van der Waals surface area contributed by atoms with Gasteiger partial charge in [0.2, 0.25) is 5.88 Å². The van der Waals surface area contributed by atoms with Gasteiger partial charge in [-0.3, -0.25) is 0 Å². The highest BCUT2D eigenvalue weighted by atomic mass is 16.5. The Morgan fingerprint density at radius 1 is 1.37 bits per heavy atom. The number of aromatic nitrogens is 2. The molecule has 1 aromatic heterocycles. The smallest absolute Gasteiger partial charge is 0.218 e. The monoisotopic (exact) mass is 264 g/mol. The van der Waals surface area contributed by atoms with Crippen molar-refractivity contribution in [3.8, 4) is 5.88 Å². The first-order valence-corrected chi connectivity index (χ1v) is 7.19. The fraction of sp³-hybridized carbons (Fsp3) is 0.714. The van der Waals surface area contributed by atoms with Gasteiger partial charge in [0.15, 0.2) is 0 Å². The molecule has 0 radical (unpaired) electrons. The lowest BCUT2D eigenvalue weighted by Gasteiger charge is -2.30. The molecule has 1 saturated heterocycles. The summed E-state index contributed by atoms with van der Waals surface area (Å²) in [5.41, 5.74) is 5.92. The predicted molar refractivity (Wildman–Crippen MR) is 76.6 cm³/mol. The minimum Gasteiger partial charge on any atom is -0.478 e. The number of ether oxygens (including phenoxy) is 1. The van der Waals surface area contributed by atoms with Crippen LogP contribution in [-0.4, -0.2) is 35.7 Å². The first-order valence-electron chi connectivity index (χ1n) is 7.19. The maximum Gasteiger partial charge on any atom is 0.218 e. The van der Waals surface area contributed by atoms with E-state index in [4.69, 9.17) is 10.5 Å². The van der Waals surface area contributed by atoms with Gasteiger partial charge in [-0.25, -0.2) is 4.98 Å². The van der Waals surface area contributed by atoms with Crippen LogP contribution in [-0.2, 0) is 0 Å². The van der Waals surface area contributed by atoms with Crippen molar-refractivity contribution in [3.05, 3.63) is 11.9 Å². The van der Waals surface area contributed by atoms with E-state index in [9.17, 15) is 0 Å². The lowest BCUT2D eigenvalue weighted by molar-refractivity contribution is 0.325. The summed E-state index contributed by atoms with van der Waals surface area (Å²) >= 11 is 0. The van der Waals surface area contributed by atoms with Gasteiger partial charge >= 0.3 is 0 Å². The van der Waals surface area contributed by atoms with Crippen molar-refractivity contribution in [2.24, 2.45) is 5.73 Å². The lowest BCUT2D eigenvalue weighted by atomic mass is 10.1. The molecule has 1 atom stereocenters. The maximum atomic E-state index is 5.92. The normalized spacial score (nSPS) is 20.2. The van der Waals surface area contributed by atoms with Gasteiger partial charge in [0.25, 0.3) is 0 Å². The molecular formula is C14H24N4O. The highest BCUT2D eigenvalue weighted by Crippen LogP contribution is 2.24. The van der Waals surface area contributed by atoms with Crippen LogP contribution >= 0.6 is 0 Å². The van der Waals surface area contributed by atoms with Gasteiger partial charge in [0.05, 0.1) is 6.61 Å². The molecule has 2 heterocycles. The standard InChI is InChI=1S/C14H24N4O/c1-3-19-14-9-13(16-11(2)17-14)18-8-6-4-5-7-12(18)10-15/h9,12H,3-8,10,15H2,1-2H3. The fourth-order valence-corrected chi connectivity index (χ4v) is 2.62. The molecule has 1 aromatic rings. The molecular weight excluding hydrogens is 240 g/mol. The molecule has 0 aliphatic carbocycles. The molecule has 1 aliphatic rings. The first kappa shape index (κ1) is 14.1. The lowest BCUT2D eigenvalue weighted by Crippen LogP contribution is -2.40. The Labute approximate surface area is 115 Å². The van der Waals surface area contributed by atoms with Crippen molar-refractivity contribution in [2.75, 3.05) is 24.6 Å². The van der Waals surface area contributed by atoms with Crippen LogP contribution in [0.3, 0.4) is 0 Å². The number of nitrogens with two attached hydrogens (primary N) is 1. The van der Waals surface area contributed by atoms with Crippen LogP contribution in [0.15, 0.2) is 6.07 Å². The van der Waals surface area contributed by atoms with Gasteiger partial charge in [-0.15, -0.1) is 0 Å². The highest BCUT2D eigenvalue weighted by molar-refractivity contribution is 5.43. The highest BCUT2D eigenvalue weighted by Gasteiger charge is 2.22. The fourth-order valence-electron chi connectivity index (χ4n) is 2.62. The third-order valence-corrected chi connectivity index (χ3v) is 3.54. The Kier molecular flexibility index (Phi) is 4.96. The van der Waals surface area contributed by atoms with E-state index < -0.39 is 0 Å². The van der Waals surface area contributed by atoms with Crippen LogP contribution in [0.1, 0.15) is 38.4 Å². The Hall–Kier alpha value is -1.36. The van der Waals surface area contributed by atoms with Gasteiger partial charge in [-0.2, -0.15) is 4.98 Å². The summed E-state index contributed by atoms with van der Waals surface area (Å²) in [7, 11) is 0. The molecule has 0 saturated carbocycles. The van der Waals surface area contributed by atoms with Crippen LogP contribution in [0, 0.1) is 6.92 Å². The summed E-state index contributed by atoms with van der Waals surface area (Å²) in [5.74, 6) is 2.36. The van der Waals surface area contributed by atoms with Gasteiger partial charge in [0, 0.05) is 25.2 Å². The zero-order valence-electron chi connectivity index (χ0n) is 11.9. The van der Waals surface area contributed by atoms with Crippen LogP contribution in [0.4, 0.5) is 5.82 Å². The van der Waals surface area contributed by atoms with E-state index in [1.54, 1.807) is 0 Å². The third kappa shape index (κ3) is 3.56. The van der Waals surface area contributed by atoms with E-state index in [2.05, 4.69) is 14.9 Å². The van der Waals surface area contributed by atoms with Crippen molar-refractivity contribution in [1.29, 1.82) is 0 Å². The second-order valence-corrected chi connectivity index (χ2v) is 4.98. The van der Waals surface area contributed by atoms with E-state index in [0.717, 1.165) is 24.6 Å². The van der Waals surface area contributed by atoms with Crippen LogP contribution in [0.2, 0.25) is 0 Å². The second kappa shape index (κ2) is 6.70. The number of anilines is 1. The molecule has 0 aromatic carbocycles. The molecule has 106 valence electrons. The first-order chi connectivity index (χ1) is 9.24. The van der Waals surface area contributed by atoms with Crippen molar-refractivity contribution in [2.45, 2.75) is 45.6 Å².